The van der Waals surface area contributed by atoms with E-state index in [1.807, 2.05) is 37.3 Å². The van der Waals surface area contributed by atoms with Crippen LogP contribution in [0, 0.1) is 11.3 Å². The molecule has 1 atom stereocenters. The predicted molar refractivity (Wildman–Crippen MR) is 126 cm³/mol. The maximum atomic E-state index is 12.4. The van der Waals surface area contributed by atoms with Crippen LogP contribution in [0.25, 0.3) is 5.69 Å². The maximum absolute atomic E-state index is 12.4. The molecule has 9 heteroatoms. The summed E-state index contributed by atoms with van der Waals surface area (Å²) in [5, 5.41) is 17.7. The third-order valence-corrected chi connectivity index (χ3v) is 6.40. The number of nitrogen functional groups attached to an aromatic ring is 1. The van der Waals surface area contributed by atoms with E-state index in [9.17, 15) is 10.1 Å². The molecule has 0 saturated carbocycles. The molecule has 6 nitrogen and oxygen atoms in total. The molecule has 0 saturated heterocycles. The highest BCUT2D eigenvalue weighted by molar-refractivity contribution is 8.00. The summed E-state index contributed by atoms with van der Waals surface area (Å²) < 4.78 is 1.57. The van der Waals surface area contributed by atoms with Crippen molar-refractivity contribution in [3.05, 3.63) is 69.8 Å². The Kier molecular flexibility index (Phi) is 7.85. The first-order chi connectivity index (χ1) is 14.9. The van der Waals surface area contributed by atoms with Gasteiger partial charge in [0, 0.05) is 16.5 Å². The van der Waals surface area contributed by atoms with Gasteiger partial charge in [0.2, 0.25) is 5.91 Å². The second-order valence-corrected chi connectivity index (χ2v) is 9.02. The molecule has 0 radical (unpaired) electrons. The Hall–Kier alpha value is -2.66. The van der Waals surface area contributed by atoms with E-state index < -0.39 is 0 Å². The van der Waals surface area contributed by atoms with Crippen molar-refractivity contribution in [2.45, 2.75) is 29.9 Å². The number of anilines is 1. The zero-order valence-electron chi connectivity index (χ0n) is 16.8. The van der Waals surface area contributed by atoms with Gasteiger partial charge in [0.1, 0.15) is 17.5 Å². The van der Waals surface area contributed by atoms with Crippen LogP contribution in [-0.2, 0) is 11.2 Å². The molecule has 0 aliphatic heterocycles. The molecular weight excluding hydrogens is 453 g/mol. The quantitative estimate of drug-likeness (QED) is 0.359. The summed E-state index contributed by atoms with van der Waals surface area (Å²) in [6, 6.07) is 16.7. The van der Waals surface area contributed by atoms with Gasteiger partial charge < -0.3 is 11.1 Å². The van der Waals surface area contributed by atoms with Gasteiger partial charge in [-0.15, -0.1) is 11.8 Å². The minimum absolute atomic E-state index is 0.101. The molecule has 1 aromatic heterocycles. The number of nitrogens with zero attached hydrogens (tertiary/aromatic N) is 3. The second-order valence-electron chi connectivity index (χ2n) is 6.80. The minimum atomic E-state index is -0.335. The highest BCUT2D eigenvalue weighted by atomic mass is 35.5. The molecule has 31 heavy (non-hydrogen) atoms. The number of benzene rings is 2. The van der Waals surface area contributed by atoms with Crippen molar-refractivity contribution in [2.24, 2.45) is 0 Å². The van der Waals surface area contributed by atoms with E-state index >= 15 is 0 Å². The van der Waals surface area contributed by atoms with Crippen LogP contribution >= 0.6 is 35.0 Å². The van der Waals surface area contributed by atoms with E-state index in [1.54, 1.807) is 22.9 Å². The van der Waals surface area contributed by atoms with Gasteiger partial charge in [-0.2, -0.15) is 10.4 Å². The van der Waals surface area contributed by atoms with E-state index in [0.29, 0.717) is 46.5 Å². The molecule has 1 amide bonds. The van der Waals surface area contributed by atoms with E-state index in [4.69, 9.17) is 28.9 Å². The number of aromatic nitrogens is 2. The molecular formula is C22H21Cl2N5OS. The Labute approximate surface area is 195 Å². The van der Waals surface area contributed by atoms with Gasteiger partial charge in [-0.3, -0.25) is 4.79 Å². The highest BCUT2D eigenvalue weighted by Gasteiger charge is 2.18. The molecule has 3 N–H and O–H groups in total. The smallest absolute Gasteiger partial charge is 0.233 e. The van der Waals surface area contributed by atoms with Crippen molar-refractivity contribution < 1.29 is 4.79 Å². The number of carbonyl (C=O) groups excluding carboxylic acids is 1. The summed E-state index contributed by atoms with van der Waals surface area (Å²) in [5.41, 5.74) is 7.90. The summed E-state index contributed by atoms with van der Waals surface area (Å²) in [4.78, 5) is 13.2. The van der Waals surface area contributed by atoms with Crippen LogP contribution in [0.3, 0.4) is 0 Å². The molecule has 0 spiro atoms. The van der Waals surface area contributed by atoms with Crippen molar-refractivity contribution in [2.75, 3.05) is 12.3 Å². The standard InChI is InChI=1S/C22H21Cl2N5OS/c1-14(31-20-12-15(23)9-10-18(20)24)22(30)27-11-5-8-19-17(13-25)21(26)29(28-19)16-6-3-2-4-7-16/h2-4,6-7,9-10,12,14H,5,8,11,26H2,1H3,(H,27,30). The number of carbonyl (C=O) groups is 1. The van der Waals surface area contributed by atoms with Crippen LogP contribution in [0.1, 0.15) is 24.6 Å². The first-order valence-corrected chi connectivity index (χ1v) is 11.3. The van der Waals surface area contributed by atoms with Crippen LogP contribution in [0.15, 0.2) is 53.4 Å². The van der Waals surface area contributed by atoms with Crippen LogP contribution < -0.4 is 11.1 Å². The summed E-state index contributed by atoms with van der Waals surface area (Å²) in [5.74, 6) is 0.215. The number of nitrogens with one attached hydrogen (secondary N) is 1. The third kappa shape index (κ3) is 5.73. The van der Waals surface area contributed by atoms with Crippen molar-refractivity contribution in [1.29, 1.82) is 5.26 Å². The fourth-order valence-corrected chi connectivity index (χ4v) is 4.40. The zero-order chi connectivity index (χ0) is 22.4. The van der Waals surface area contributed by atoms with Crippen LogP contribution in [0.5, 0.6) is 0 Å². The number of aryl methyl sites for hydroxylation is 1. The van der Waals surface area contributed by atoms with Crippen molar-refractivity contribution in [3.63, 3.8) is 0 Å². The molecule has 3 rings (SSSR count). The molecule has 0 bridgehead atoms. The van der Waals surface area contributed by atoms with Crippen molar-refractivity contribution >= 4 is 46.7 Å². The lowest BCUT2D eigenvalue weighted by Crippen LogP contribution is -2.31. The van der Waals surface area contributed by atoms with E-state index in [0.717, 1.165) is 10.6 Å². The minimum Gasteiger partial charge on any atom is -0.382 e. The number of halogens is 2. The van der Waals surface area contributed by atoms with Gasteiger partial charge >= 0.3 is 0 Å². The number of amides is 1. The van der Waals surface area contributed by atoms with E-state index in [1.165, 1.54) is 11.8 Å². The predicted octanol–water partition coefficient (Wildman–Crippen LogP) is 4.86. The summed E-state index contributed by atoms with van der Waals surface area (Å²) in [6.45, 7) is 2.27. The molecule has 0 aliphatic carbocycles. The summed E-state index contributed by atoms with van der Waals surface area (Å²) >= 11 is 13.5. The van der Waals surface area contributed by atoms with Gasteiger partial charge in [-0.05, 0) is 50.1 Å². The Balaban J connectivity index is 1.55. The van der Waals surface area contributed by atoms with E-state index in [-0.39, 0.29) is 11.2 Å². The largest absolute Gasteiger partial charge is 0.382 e. The Morgan fingerprint density at radius 2 is 2.03 bits per heavy atom. The second kappa shape index (κ2) is 10.6. The molecule has 1 unspecified atom stereocenters. The first kappa shape index (κ1) is 23.0. The normalized spacial score (nSPS) is 11.7. The van der Waals surface area contributed by atoms with Gasteiger partial charge in [0.25, 0.3) is 0 Å². The zero-order valence-corrected chi connectivity index (χ0v) is 19.1. The summed E-state index contributed by atoms with van der Waals surface area (Å²) in [7, 11) is 0. The number of thioether (sulfide) groups is 1. The Morgan fingerprint density at radius 3 is 2.74 bits per heavy atom. The molecule has 0 aliphatic rings. The Morgan fingerprint density at radius 1 is 1.29 bits per heavy atom. The van der Waals surface area contributed by atoms with Gasteiger partial charge in [0.05, 0.1) is 21.7 Å². The number of rotatable bonds is 8. The fraction of sp³-hybridized carbons (Fsp3) is 0.227. The SMILES string of the molecule is CC(Sc1cc(Cl)ccc1Cl)C(=O)NCCCc1nn(-c2ccccc2)c(N)c1C#N. The average Bonchev–Trinajstić information content (AvgIpc) is 3.09. The monoisotopic (exact) mass is 473 g/mol. The lowest BCUT2D eigenvalue weighted by atomic mass is 10.1. The average molecular weight is 474 g/mol. The lowest BCUT2D eigenvalue weighted by molar-refractivity contribution is -0.120. The topological polar surface area (TPSA) is 96.7 Å². The molecule has 1 heterocycles. The van der Waals surface area contributed by atoms with Gasteiger partial charge in [0.15, 0.2) is 0 Å². The van der Waals surface area contributed by atoms with E-state index in [2.05, 4.69) is 16.5 Å². The highest BCUT2D eigenvalue weighted by Crippen LogP contribution is 2.32. The molecule has 0 fully saturated rings. The fourth-order valence-electron chi connectivity index (χ4n) is 2.96. The Bertz CT molecular complexity index is 1110. The molecule has 2 aromatic carbocycles. The number of nitrogens with two attached hydrogens (primary N) is 1. The number of hydrogen-bond donors (Lipinski definition) is 2. The number of nitriles is 1. The maximum Gasteiger partial charge on any atom is 0.233 e. The molecule has 160 valence electrons. The van der Waals surface area contributed by atoms with Gasteiger partial charge in [-0.25, -0.2) is 4.68 Å². The van der Waals surface area contributed by atoms with Crippen LogP contribution in [-0.4, -0.2) is 27.5 Å². The third-order valence-electron chi connectivity index (χ3n) is 4.56. The van der Waals surface area contributed by atoms with Crippen molar-refractivity contribution in [1.82, 2.24) is 15.1 Å². The number of para-hydroxylation sites is 1. The number of hydrogen-bond acceptors (Lipinski definition) is 5. The van der Waals surface area contributed by atoms with Gasteiger partial charge in [-0.1, -0.05) is 41.4 Å². The molecule has 3 aromatic rings. The van der Waals surface area contributed by atoms with Crippen LogP contribution in [0.4, 0.5) is 5.82 Å². The van der Waals surface area contributed by atoms with Crippen molar-refractivity contribution in [3.8, 4) is 11.8 Å². The lowest BCUT2D eigenvalue weighted by Gasteiger charge is -2.13. The van der Waals surface area contributed by atoms with Crippen LogP contribution in [0.2, 0.25) is 10.0 Å². The summed E-state index contributed by atoms with van der Waals surface area (Å²) in [6.07, 6.45) is 1.15. The first-order valence-electron chi connectivity index (χ1n) is 9.63.